The summed E-state index contributed by atoms with van der Waals surface area (Å²) >= 11 is 0. The predicted octanol–water partition coefficient (Wildman–Crippen LogP) is -1.76. The van der Waals surface area contributed by atoms with Crippen molar-refractivity contribution in [3.05, 3.63) is 0 Å². The predicted molar refractivity (Wildman–Crippen MR) is 44.1 cm³/mol. The van der Waals surface area contributed by atoms with E-state index in [4.69, 9.17) is 14.9 Å². The molecule has 0 bridgehead atoms. The molecule has 0 radical (unpaired) electrons. The van der Waals surface area contributed by atoms with Crippen molar-refractivity contribution in [1.29, 1.82) is 0 Å². The summed E-state index contributed by atoms with van der Waals surface area (Å²) in [4.78, 5) is 0. The minimum absolute atomic E-state index is 0.00435. The number of ether oxygens (including phenoxy) is 1. The number of aliphatic hydroxyl groups excluding tert-OH is 4. The summed E-state index contributed by atoms with van der Waals surface area (Å²) in [6.07, 6.45) is -4.29. The Hall–Kier alpha value is -0.200. The Morgan fingerprint density at radius 1 is 1.31 bits per heavy atom. The average molecular weight is 192 g/mol. The fourth-order valence-electron chi connectivity index (χ4n) is 1.41. The minimum Gasteiger partial charge on any atom is -0.393 e. The van der Waals surface area contributed by atoms with Gasteiger partial charge in [-0.05, 0) is 6.92 Å². The van der Waals surface area contributed by atoms with Crippen LogP contribution in [0, 0.1) is 0 Å². The van der Waals surface area contributed by atoms with Crippen LogP contribution >= 0.6 is 0 Å². The van der Waals surface area contributed by atoms with Crippen LogP contribution in [0.2, 0.25) is 0 Å². The fourth-order valence-corrected chi connectivity index (χ4v) is 1.41. The highest BCUT2D eigenvalue weighted by Gasteiger charge is 2.37. The smallest absolute Gasteiger partial charge is 0.111 e. The molecule has 1 unspecified atom stereocenters. The molecular weight excluding hydrogens is 176 g/mol. The first-order valence-corrected chi connectivity index (χ1v) is 4.36. The summed E-state index contributed by atoms with van der Waals surface area (Å²) in [5, 5.41) is 36.8. The lowest BCUT2D eigenvalue weighted by Crippen LogP contribution is -2.53. The Kier molecular flexibility index (Phi) is 3.63. The molecule has 1 fully saturated rings. The molecular formula is C8H16O5. The van der Waals surface area contributed by atoms with E-state index in [9.17, 15) is 10.2 Å². The van der Waals surface area contributed by atoms with E-state index < -0.39 is 30.5 Å². The molecule has 13 heavy (non-hydrogen) atoms. The van der Waals surface area contributed by atoms with Gasteiger partial charge in [0.05, 0.1) is 18.8 Å². The Balaban J connectivity index is 2.48. The van der Waals surface area contributed by atoms with Crippen molar-refractivity contribution in [2.75, 3.05) is 6.61 Å². The van der Waals surface area contributed by atoms with Crippen molar-refractivity contribution in [2.45, 2.75) is 43.9 Å². The molecule has 5 heteroatoms. The molecule has 0 amide bonds. The molecule has 1 aliphatic rings. The average Bonchev–Trinajstić information content (AvgIpc) is 2.06. The molecule has 1 aliphatic heterocycles. The van der Waals surface area contributed by atoms with Crippen LogP contribution in [0.15, 0.2) is 0 Å². The number of aliphatic hydroxyl groups is 4. The van der Waals surface area contributed by atoms with Gasteiger partial charge in [-0.3, -0.25) is 0 Å². The molecule has 5 atom stereocenters. The Morgan fingerprint density at radius 2 is 1.92 bits per heavy atom. The van der Waals surface area contributed by atoms with Gasteiger partial charge >= 0.3 is 0 Å². The van der Waals surface area contributed by atoms with Crippen LogP contribution < -0.4 is 0 Å². The second-order valence-corrected chi connectivity index (χ2v) is 3.51. The van der Waals surface area contributed by atoms with Gasteiger partial charge in [0.25, 0.3) is 0 Å². The summed E-state index contributed by atoms with van der Waals surface area (Å²) in [6, 6.07) is 0. The molecule has 4 N–H and O–H groups in total. The molecule has 78 valence electrons. The van der Waals surface area contributed by atoms with E-state index in [0.29, 0.717) is 0 Å². The third-order valence-electron chi connectivity index (χ3n) is 2.18. The Labute approximate surface area is 76.6 Å². The topological polar surface area (TPSA) is 90.2 Å². The fraction of sp³-hybridized carbons (Fsp3) is 1.00. The Bertz CT molecular complexity index is 161. The van der Waals surface area contributed by atoms with E-state index in [1.807, 2.05) is 0 Å². The third kappa shape index (κ3) is 2.62. The van der Waals surface area contributed by atoms with Gasteiger partial charge in [0, 0.05) is 6.42 Å². The van der Waals surface area contributed by atoms with Crippen molar-refractivity contribution in [3.8, 4) is 0 Å². The number of hydrogen-bond acceptors (Lipinski definition) is 5. The van der Waals surface area contributed by atoms with Gasteiger partial charge in [-0.1, -0.05) is 0 Å². The monoisotopic (exact) mass is 192 g/mol. The molecule has 0 spiro atoms. The van der Waals surface area contributed by atoms with Gasteiger partial charge in [0.15, 0.2) is 0 Å². The Morgan fingerprint density at radius 3 is 2.46 bits per heavy atom. The SMILES string of the molecule is CC(O)C[C@H]1OC[C@@H](O)[C@H](O)[C@H]1O. The lowest BCUT2D eigenvalue weighted by molar-refractivity contribution is -0.192. The number of hydrogen-bond donors (Lipinski definition) is 4. The van der Waals surface area contributed by atoms with Crippen LogP contribution in [0.4, 0.5) is 0 Å². The molecule has 1 heterocycles. The quantitative estimate of drug-likeness (QED) is 0.416. The standard InChI is InChI=1S/C8H16O5/c1-4(9)2-6-8(12)7(11)5(10)3-13-6/h4-12H,2-3H2,1H3/t4?,5-,6-,7+,8+/m1/s1. The molecule has 0 saturated carbocycles. The summed E-state index contributed by atoms with van der Waals surface area (Å²) in [5.41, 5.74) is 0. The normalized spacial score (nSPS) is 43.2. The van der Waals surface area contributed by atoms with Crippen LogP contribution in [0.1, 0.15) is 13.3 Å². The van der Waals surface area contributed by atoms with E-state index in [2.05, 4.69) is 0 Å². The summed E-state index contributed by atoms with van der Waals surface area (Å²) < 4.78 is 5.06. The largest absolute Gasteiger partial charge is 0.393 e. The van der Waals surface area contributed by atoms with E-state index in [1.54, 1.807) is 6.92 Å². The van der Waals surface area contributed by atoms with E-state index >= 15 is 0 Å². The highest BCUT2D eigenvalue weighted by molar-refractivity contribution is 4.87. The molecule has 0 aromatic carbocycles. The third-order valence-corrected chi connectivity index (χ3v) is 2.18. The van der Waals surface area contributed by atoms with Gasteiger partial charge in [-0.25, -0.2) is 0 Å². The van der Waals surface area contributed by atoms with Crippen LogP contribution in [0.5, 0.6) is 0 Å². The lowest BCUT2D eigenvalue weighted by Gasteiger charge is -2.35. The van der Waals surface area contributed by atoms with Gasteiger partial charge in [-0.2, -0.15) is 0 Å². The van der Waals surface area contributed by atoms with Gasteiger partial charge in [0.2, 0.25) is 0 Å². The van der Waals surface area contributed by atoms with Crippen LogP contribution in [0.3, 0.4) is 0 Å². The zero-order chi connectivity index (χ0) is 10.0. The second kappa shape index (κ2) is 4.34. The van der Waals surface area contributed by atoms with Gasteiger partial charge in [-0.15, -0.1) is 0 Å². The van der Waals surface area contributed by atoms with Crippen LogP contribution in [0.25, 0.3) is 0 Å². The minimum atomic E-state index is -1.18. The van der Waals surface area contributed by atoms with Crippen LogP contribution in [-0.2, 0) is 4.74 Å². The number of rotatable bonds is 2. The van der Waals surface area contributed by atoms with Crippen molar-refractivity contribution in [1.82, 2.24) is 0 Å². The summed E-state index contributed by atoms with van der Waals surface area (Å²) in [6.45, 7) is 1.57. The molecule has 1 saturated heterocycles. The zero-order valence-corrected chi connectivity index (χ0v) is 7.50. The zero-order valence-electron chi connectivity index (χ0n) is 7.50. The molecule has 5 nitrogen and oxygen atoms in total. The van der Waals surface area contributed by atoms with E-state index in [0.717, 1.165) is 0 Å². The van der Waals surface area contributed by atoms with Crippen LogP contribution in [-0.4, -0.2) is 57.6 Å². The first-order chi connectivity index (χ1) is 6.02. The first kappa shape index (κ1) is 10.9. The first-order valence-electron chi connectivity index (χ1n) is 4.36. The summed E-state index contributed by atoms with van der Waals surface area (Å²) in [5.74, 6) is 0. The van der Waals surface area contributed by atoms with Crippen molar-refractivity contribution < 1.29 is 25.2 Å². The van der Waals surface area contributed by atoms with Gasteiger partial charge in [0.1, 0.15) is 18.3 Å². The second-order valence-electron chi connectivity index (χ2n) is 3.51. The highest BCUT2D eigenvalue weighted by Crippen LogP contribution is 2.19. The maximum atomic E-state index is 9.41. The molecule has 0 aliphatic carbocycles. The lowest BCUT2D eigenvalue weighted by atomic mass is 9.96. The van der Waals surface area contributed by atoms with Crippen molar-refractivity contribution >= 4 is 0 Å². The molecule has 1 rings (SSSR count). The van der Waals surface area contributed by atoms with Crippen molar-refractivity contribution in [3.63, 3.8) is 0 Å². The van der Waals surface area contributed by atoms with Crippen molar-refractivity contribution in [2.24, 2.45) is 0 Å². The molecule has 0 aromatic heterocycles. The maximum absolute atomic E-state index is 9.41. The van der Waals surface area contributed by atoms with Gasteiger partial charge < -0.3 is 25.2 Å². The summed E-state index contributed by atoms with van der Waals surface area (Å²) in [7, 11) is 0. The molecule has 0 aromatic rings. The maximum Gasteiger partial charge on any atom is 0.111 e. The van der Waals surface area contributed by atoms with E-state index in [1.165, 1.54) is 0 Å². The highest BCUT2D eigenvalue weighted by atomic mass is 16.5. The van der Waals surface area contributed by atoms with E-state index in [-0.39, 0.29) is 13.0 Å².